The number of allylic oxidation sites excluding steroid dienone is 3. The molecule has 0 spiro atoms. The molecule has 22 heavy (non-hydrogen) atoms. The predicted octanol–water partition coefficient (Wildman–Crippen LogP) is 6.48. The second-order valence-corrected chi connectivity index (χ2v) is 5.11. The van der Waals surface area contributed by atoms with Crippen molar-refractivity contribution < 1.29 is 17.9 Å². The van der Waals surface area contributed by atoms with Crippen LogP contribution in [0.3, 0.4) is 0 Å². The molecule has 0 fully saturated rings. The van der Waals surface area contributed by atoms with Crippen molar-refractivity contribution in [1.82, 2.24) is 0 Å². The van der Waals surface area contributed by atoms with Gasteiger partial charge >= 0.3 is 0 Å². The minimum atomic E-state index is -0.712. The largest absolute Gasteiger partial charge is 0.452 e. The van der Waals surface area contributed by atoms with E-state index < -0.39 is 23.2 Å². The fraction of sp³-hybridized carbons (Fsp3) is 0.444. The highest BCUT2D eigenvalue weighted by Crippen LogP contribution is 2.26. The van der Waals surface area contributed by atoms with Crippen molar-refractivity contribution in [2.24, 2.45) is 5.92 Å². The third kappa shape index (κ3) is 5.58. The molecule has 0 N–H and O–H groups in total. The van der Waals surface area contributed by atoms with Crippen molar-refractivity contribution in [2.45, 2.75) is 46.5 Å². The molecule has 0 saturated carbocycles. The first-order chi connectivity index (χ1) is 10.5. The maximum Gasteiger partial charge on any atom is 0.194 e. The highest BCUT2D eigenvalue weighted by molar-refractivity contribution is 5.31. The fourth-order valence-electron chi connectivity index (χ4n) is 2.00. The summed E-state index contributed by atoms with van der Waals surface area (Å²) in [6.07, 6.45) is 3.81. The number of hydrogen-bond acceptors (Lipinski definition) is 1. The summed E-state index contributed by atoms with van der Waals surface area (Å²) in [6.45, 7) is 5.66. The lowest BCUT2D eigenvalue weighted by molar-refractivity contribution is 0.368. The summed E-state index contributed by atoms with van der Waals surface area (Å²) in [5, 5.41) is 0. The first-order valence-corrected chi connectivity index (χ1v) is 7.69. The lowest BCUT2D eigenvalue weighted by atomic mass is 9.99. The van der Waals surface area contributed by atoms with E-state index in [0.29, 0.717) is 12.3 Å². The second-order valence-electron chi connectivity index (χ2n) is 5.11. The minimum absolute atomic E-state index is 0.0305. The van der Waals surface area contributed by atoms with Crippen LogP contribution in [0.1, 0.15) is 46.5 Å². The maximum atomic E-state index is 14.3. The molecule has 1 nitrogen and oxygen atoms in total. The molecule has 1 aromatic carbocycles. The zero-order chi connectivity index (χ0) is 16.5. The van der Waals surface area contributed by atoms with Gasteiger partial charge in [-0.05, 0) is 42.7 Å². The van der Waals surface area contributed by atoms with Gasteiger partial charge in [0.1, 0.15) is 17.4 Å². The molecule has 0 atom stereocenters. The quantitative estimate of drug-likeness (QED) is 0.394. The Hall–Kier alpha value is -1.71. The zero-order valence-corrected chi connectivity index (χ0v) is 13.3. The number of ether oxygens (including phenoxy) is 1. The zero-order valence-electron chi connectivity index (χ0n) is 13.3. The lowest BCUT2D eigenvalue weighted by Crippen LogP contribution is -2.01. The van der Waals surface area contributed by atoms with Crippen molar-refractivity contribution >= 4 is 0 Å². The van der Waals surface area contributed by atoms with Gasteiger partial charge in [-0.3, -0.25) is 0 Å². The van der Waals surface area contributed by atoms with Gasteiger partial charge in [-0.1, -0.05) is 33.6 Å². The van der Waals surface area contributed by atoms with E-state index in [2.05, 4.69) is 0 Å². The average Bonchev–Trinajstić information content (AvgIpc) is 2.54. The van der Waals surface area contributed by atoms with Crippen molar-refractivity contribution in [2.75, 3.05) is 0 Å². The SMILES string of the molecule is CC/C(F)=C(Oc1ccc(F)cc1)\C(F)=C/CC(CC)CC. The van der Waals surface area contributed by atoms with Crippen LogP contribution < -0.4 is 4.74 Å². The molecule has 122 valence electrons. The van der Waals surface area contributed by atoms with Crippen LogP contribution in [0.4, 0.5) is 13.2 Å². The van der Waals surface area contributed by atoms with E-state index in [-0.39, 0.29) is 12.2 Å². The third-order valence-corrected chi connectivity index (χ3v) is 3.59. The molecule has 0 heterocycles. The highest BCUT2D eigenvalue weighted by atomic mass is 19.1. The van der Waals surface area contributed by atoms with E-state index in [4.69, 9.17) is 4.74 Å². The van der Waals surface area contributed by atoms with E-state index in [1.165, 1.54) is 30.3 Å². The van der Waals surface area contributed by atoms with Crippen molar-refractivity contribution in [3.63, 3.8) is 0 Å². The summed E-state index contributed by atoms with van der Waals surface area (Å²) in [5.41, 5.74) is 0. The number of rotatable bonds is 8. The summed E-state index contributed by atoms with van der Waals surface area (Å²) in [6, 6.07) is 5.05. The third-order valence-electron chi connectivity index (χ3n) is 3.59. The van der Waals surface area contributed by atoms with Crippen LogP contribution in [0.15, 0.2) is 47.8 Å². The molecular weight excluding hydrogens is 289 g/mol. The highest BCUT2D eigenvalue weighted by Gasteiger charge is 2.15. The fourth-order valence-corrected chi connectivity index (χ4v) is 2.00. The van der Waals surface area contributed by atoms with E-state index in [1.54, 1.807) is 6.92 Å². The summed E-state index contributed by atoms with van der Waals surface area (Å²) < 4.78 is 46.3. The average molecular weight is 312 g/mol. The normalized spacial score (nSPS) is 13.3. The van der Waals surface area contributed by atoms with Gasteiger partial charge in [-0.25, -0.2) is 13.2 Å². The summed E-state index contributed by atoms with van der Waals surface area (Å²) in [7, 11) is 0. The molecule has 0 aromatic heterocycles. The number of benzene rings is 1. The van der Waals surface area contributed by atoms with E-state index in [1.807, 2.05) is 13.8 Å². The summed E-state index contributed by atoms with van der Waals surface area (Å²) in [5.74, 6) is -1.66. The van der Waals surface area contributed by atoms with Gasteiger partial charge < -0.3 is 4.74 Å². The standard InChI is InChI=1S/C18H23F3O/c1-4-13(5-2)7-12-17(21)18(16(20)6-3)22-15-10-8-14(19)9-11-15/h8-13H,4-7H2,1-3H3/b17-12+,18-16-. The van der Waals surface area contributed by atoms with Crippen LogP contribution in [0.5, 0.6) is 5.75 Å². The molecule has 0 saturated heterocycles. The first-order valence-electron chi connectivity index (χ1n) is 7.69. The maximum absolute atomic E-state index is 14.3. The molecule has 0 bridgehead atoms. The summed E-state index contributed by atoms with van der Waals surface area (Å²) in [4.78, 5) is 0. The Balaban J connectivity index is 2.94. The molecule has 0 radical (unpaired) electrons. The summed E-state index contributed by atoms with van der Waals surface area (Å²) >= 11 is 0. The Morgan fingerprint density at radius 1 is 1.09 bits per heavy atom. The monoisotopic (exact) mass is 312 g/mol. The van der Waals surface area contributed by atoms with Crippen LogP contribution in [-0.2, 0) is 0 Å². The Bertz CT molecular complexity index is 514. The van der Waals surface area contributed by atoms with Crippen LogP contribution in [0.2, 0.25) is 0 Å². The Morgan fingerprint density at radius 3 is 2.18 bits per heavy atom. The van der Waals surface area contributed by atoms with Gasteiger partial charge in [-0.15, -0.1) is 0 Å². The van der Waals surface area contributed by atoms with Gasteiger partial charge in [0.05, 0.1) is 0 Å². The molecule has 0 unspecified atom stereocenters. The molecule has 0 aliphatic heterocycles. The molecule has 0 aliphatic rings. The van der Waals surface area contributed by atoms with Gasteiger partial charge in [0.2, 0.25) is 0 Å². The van der Waals surface area contributed by atoms with Gasteiger partial charge in [0, 0.05) is 6.42 Å². The molecule has 0 amide bonds. The topological polar surface area (TPSA) is 9.23 Å². The van der Waals surface area contributed by atoms with Crippen LogP contribution >= 0.6 is 0 Å². The van der Waals surface area contributed by atoms with E-state index in [9.17, 15) is 13.2 Å². The van der Waals surface area contributed by atoms with E-state index >= 15 is 0 Å². The van der Waals surface area contributed by atoms with Crippen molar-refractivity contribution in [3.8, 4) is 5.75 Å². The van der Waals surface area contributed by atoms with Crippen LogP contribution in [0.25, 0.3) is 0 Å². The number of hydrogen-bond donors (Lipinski definition) is 0. The smallest absolute Gasteiger partial charge is 0.194 e. The first kappa shape index (κ1) is 18.3. The van der Waals surface area contributed by atoms with Crippen LogP contribution in [0, 0.1) is 11.7 Å². The van der Waals surface area contributed by atoms with Crippen molar-refractivity contribution in [1.29, 1.82) is 0 Å². The Labute approximate surface area is 130 Å². The molecular formula is C18H23F3O. The Kier molecular flexibility index (Phi) is 7.78. The van der Waals surface area contributed by atoms with E-state index in [0.717, 1.165) is 12.8 Å². The minimum Gasteiger partial charge on any atom is -0.452 e. The van der Waals surface area contributed by atoms with Gasteiger partial charge in [0.15, 0.2) is 11.6 Å². The molecule has 0 aliphatic carbocycles. The Morgan fingerprint density at radius 2 is 1.68 bits per heavy atom. The lowest BCUT2D eigenvalue weighted by Gasteiger charge is -2.12. The molecule has 4 heteroatoms. The van der Waals surface area contributed by atoms with Gasteiger partial charge in [0.25, 0.3) is 0 Å². The second kappa shape index (κ2) is 9.34. The molecule has 1 aromatic rings. The van der Waals surface area contributed by atoms with Crippen molar-refractivity contribution in [3.05, 3.63) is 53.6 Å². The predicted molar refractivity (Wildman–Crippen MR) is 83.3 cm³/mol. The van der Waals surface area contributed by atoms with Crippen LogP contribution in [-0.4, -0.2) is 0 Å². The van der Waals surface area contributed by atoms with Gasteiger partial charge in [-0.2, -0.15) is 0 Å². The molecule has 1 rings (SSSR count). The number of halogens is 3.